The number of hydrogen-bond donors (Lipinski definition) is 4. The lowest BCUT2D eigenvalue weighted by atomic mass is 9.95. The Hall–Kier alpha value is -2.44. The van der Waals surface area contributed by atoms with Crippen molar-refractivity contribution in [2.75, 3.05) is 18.9 Å². The van der Waals surface area contributed by atoms with Crippen LogP contribution in [0.4, 0.5) is 22.7 Å². The van der Waals surface area contributed by atoms with Crippen LogP contribution in [0.25, 0.3) is 22.1 Å². The number of nitrogens with zero attached hydrogens (tertiary/aromatic N) is 4. The normalized spacial score (nSPS) is 14.5. The maximum Gasteiger partial charge on any atom is 0.140 e. The molecule has 6 rings (SSSR count). The van der Waals surface area contributed by atoms with Crippen molar-refractivity contribution in [3.63, 3.8) is 0 Å². The Labute approximate surface area is 172 Å². The van der Waals surface area contributed by atoms with Crippen LogP contribution >= 0.6 is 36.0 Å². The third kappa shape index (κ3) is 2.16. The van der Waals surface area contributed by atoms with Crippen molar-refractivity contribution in [1.82, 2.24) is 19.1 Å². The molecule has 0 spiro atoms. The summed E-state index contributed by atoms with van der Waals surface area (Å²) in [6.07, 6.45) is 1.57. The van der Waals surface area contributed by atoms with Gasteiger partial charge in [0.05, 0.1) is 58.7 Å². The lowest BCUT2D eigenvalue weighted by Gasteiger charge is -2.13. The van der Waals surface area contributed by atoms with E-state index in [0.29, 0.717) is 0 Å². The molecule has 4 N–H and O–H groups in total. The summed E-state index contributed by atoms with van der Waals surface area (Å²) in [4.78, 5) is 0. The Morgan fingerprint density at radius 2 is 1.21 bits per heavy atom. The molecule has 2 aliphatic rings. The van der Waals surface area contributed by atoms with Crippen LogP contribution in [0.1, 0.15) is 22.3 Å². The van der Waals surface area contributed by atoms with E-state index in [1.165, 1.54) is 41.6 Å². The molecule has 0 atom stereocenters. The summed E-state index contributed by atoms with van der Waals surface area (Å²) in [6, 6.07) is 0. The van der Waals surface area contributed by atoms with Gasteiger partial charge in [-0.15, -0.1) is 0 Å². The average molecular weight is 431 g/mol. The van der Waals surface area contributed by atoms with Gasteiger partial charge in [-0.2, -0.15) is 8.75 Å². The zero-order valence-corrected chi connectivity index (χ0v) is 17.3. The van der Waals surface area contributed by atoms with Crippen molar-refractivity contribution in [1.29, 1.82) is 0 Å². The number of fused-ring (bicyclic) bond motifs is 4. The standard InChI is InChI=1S/C16H14N8OS3/c1-5-9-13(18-25-17-9)7(14-10(5)19-26-22-14)3-4-8-15-11(20-27-23-15)6(2)12-16(8)24-28-21-12/h19-20,22-23H,3-4H2,1-2H3. The number of aryl methyl sites for hydroxylation is 4. The summed E-state index contributed by atoms with van der Waals surface area (Å²) in [7, 11) is 0. The summed E-state index contributed by atoms with van der Waals surface area (Å²) in [5.41, 5.74) is 12.3. The molecule has 9 nitrogen and oxygen atoms in total. The van der Waals surface area contributed by atoms with Crippen LogP contribution in [0.5, 0.6) is 0 Å². The zero-order chi connectivity index (χ0) is 18.8. The first-order valence-corrected chi connectivity index (χ1v) is 11.0. The number of rotatable bonds is 3. The number of hydrogen-bond acceptors (Lipinski definition) is 12. The van der Waals surface area contributed by atoms with Crippen molar-refractivity contribution in [2.24, 2.45) is 0 Å². The van der Waals surface area contributed by atoms with Gasteiger partial charge < -0.3 is 18.9 Å². The van der Waals surface area contributed by atoms with Gasteiger partial charge in [0.1, 0.15) is 22.1 Å². The van der Waals surface area contributed by atoms with Crippen LogP contribution in [0.2, 0.25) is 0 Å². The van der Waals surface area contributed by atoms with Crippen molar-refractivity contribution in [2.45, 2.75) is 26.7 Å². The highest BCUT2D eigenvalue weighted by Crippen LogP contribution is 2.46. The predicted octanol–water partition coefficient (Wildman–Crippen LogP) is 4.43. The van der Waals surface area contributed by atoms with E-state index >= 15 is 0 Å². The van der Waals surface area contributed by atoms with E-state index in [-0.39, 0.29) is 0 Å². The molecule has 0 saturated carbocycles. The number of benzene rings is 2. The molecular formula is C16H14N8OS3. The van der Waals surface area contributed by atoms with Crippen molar-refractivity contribution >= 4 is 80.8 Å². The Balaban J connectivity index is 1.49. The first-order chi connectivity index (χ1) is 13.7. The molecule has 0 amide bonds. The van der Waals surface area contributed by atoms with Gasteiger partial charge in [0.25, 0.3) is 0 Å². The highest BCUT2D eigenvalue weighted by molar-refractivity contribution is 8.02. The predicted molar refractivity (Wildman–Crippen MR) is 116 cm³/mol. The minimum Gasteiger partial charge on any atom is -0.310 e. The van der Waals surface area contributed by atoms with Gasteiger partial charge in [0, 0.05) is 22.3 Å². The summed E-state index contributed by atoms with van der Waals surface area (Å²) >= 11 is 4.19. The molecule has 142 valence electrons. The van der Waals surface area contributed by atoms with E-state index in [4.69, 9.17) is 4.63 Å². The van der Waals surface area contributed by atoms with E-state index in [9.17, 15) is 0 Å². The SMILES string of the molecule is Cc1c2c(c(CCc3c4c(c(C)c5nsnc35)NSN4)c3nonc13)NSN2. The van der Waals surface area contributed by atoms with Crippen LogP contribution in [0.15, 0.2) is 4.63 Å². The zero-order valence-electron chi connectivity index (χ0n) is 14.8. The molecule has 0 bridgehead atoms. The molecule has 28 heavy (non-hydrogen) atoms. The molecule has 4 heterocycles. The number of nitrogens with one attached hydrogen (secondary N) is 4. The molecule has 12 heteroatoms. The maximum atomic E-state index is 5.06. The molecule has 4 aromatic rings. The molecule has 0 saturated heterocycles. The van der Waals surface area contributed by atoms with Crippen LogP contribution in [0, 0.1) is 13.8 Å². The summed E-state index contributed by atoms with van der Waals surface area (Å²) in [5.74, 6) is 0. The highest BCUT2D eigenvalue weighted by atomic mass is 32.2. The lowest BCUT2D eigenvalue weighted by Crippen LogP contribution is -2.01. The van der Waals surface area contributed by atoms with Crippen LogP contribution in [0.3, 0.4) is 0 Å². The molecule has 2 aromatic carbocycles. The molecule has 0 radical (unpaired) electrons. The van der Waals surface area contributed by atoms with Gasteiger partial charge in [-0.25, -0.2) is 4.63 Å². The maximum absolute atomic E-state index is 5.06. The Kier molecular flexibility index (Phi) is 3.55. The van der Waals surface area contributed by atoms with E-state index in [0.717, 1.165) is 74.3 Å². The van der Waals surface area contributed by atoms with E-state index in [1.807, 2.05) is 6.92 Å². The Morgan fingerprint density at radius 1 is 0.679 bits per heavy atom. The second-order valence-electron chi connectivity index (χ2n) is 6.74. The molecule has 2 aromatic heterocycles. The number of anilines is 4. The lowest BCUT2D eigenvalue weighted by molar-refractivity contribution is 0.315. The van der Waals surface area contributed by atoms with E-state index in [2.05, 4.69) is 44.9 Å². The highest BCUT2D eigenvalue weighted by Gasteiger charge is 2.27. The average Bonchev–Trinajstić information content (AvgIpc) is 3.48. The quantitative estimate of drug-likeness (QED) is 0.346. The van der Waals surface area contributed by atoms with Crippen molar-refractivity contribution in [3.05, 3.63) is 22.3 Å². The van der Waals surface area contributed by atoms with Crippen molar-refractivity contribution < 1.29 is 4.63 Å². The smallest absolute Gasteiger partial charge is 0.140 e. The molecular weight excluding hydrogens is 416 g/mol. The van der Waals surface area contributed by atoms with Crippen molar-refractivity contribution in [3.8, 4) is 0 Å². The van der Waals surface area contributed by atoms with Gasteiger partial charge in [0.15, 0.2) is 0 Å². The summed E-state index contributed by atoms with van der Waals surface area (Å²) < 4.78 is 27.6. The Bertz CT molecular complexity index is 1170. The Morgan fingerprint density at radius 3 is 1.93 bits per heavy atom. The molecule has 0 unspecified atom stereocenters. The van der Waals surface area contributed by atoms with Crippen LogP contribution < -0.4 is 18.9 Å². The van der Waals surface area contributed by atoms with Gasteiger partial charge >= 0.3 is 0 Å². The summed E-state index contributed by atoms with van der Waals surface area (Å²) in [5, 5.41) is 8.30. The third-order valence-electron chi connectivity index (χ3n) is 5.35. The first kappa shape index (κ1) is 16.5. The van der Waals surface area contributed by atoms with Gasteiger partial charge in [-0.3, -0.25) is 0 Å². The van der Waals surface area contributed by atoms with E-state index in [1.54, 1.807) is 0 Å². The fourth-order valence-corrected chi connectivity index (χ4v) is 5.98. The topological polar surface area (TPSA) is 113 Å². The largest absolute Gasteiger partial charge is 0.310 e. The van der Waals surface area contributed by atoms with Gasteiger partial charge in [-0.1, -0.05) is 0 Å². The van der Waals surface area contributed by atoms with Crippen LogP contribution in [-0.2, 0) is 12.8 Å². The monoisotopic (exact) mass is 430 g/mol. The summed E-state index contributed by atoms with van der Waals surface area (Å²) in [6.45, 7) is 4.11. The number of aromatic nitrogens is 4. The molecule has 0 fully saturated rings. The second-order valence-corrected chi connectivity index (χ2v) is 8.50. The molecule has 2 aliphatic heterocycles. The minimum absolute atomic E-state index is 0.775. The van der Waals surface area contributed by atoms with Crippen LogP contribution in [-0.4, -0.2) is 19.1 Å². The van der Waals surface area contributed by atoms with Gasteiger partial charge in [-0.05, 0) is 37.0 Å². The fraction of sp³-hybridized carbons (Fsp3) is 0.250. The molecule has 0 aliphatic carbocycles. The third-order valence-corrected chi connectivity index (χ3v) is 7.10. The fourth-order valence-electron chi connectivity index (χ4n) is 3.89. The second kappa shape index (κ2) is 6.03. The van der Waals surface area contributed by atoms with Gasteiger partial charge in [0.2, 0.25) is 0 Å². The van der Waals surface area contributed by atoms with E-state index < -0.39 is 0 Å². The first-order valence-electron chi connectivity index (χ1n) is 8.65. The minimum atomic E-state index is 0.775.